The van der Waals surface area contributed by atoms with E-state index in [1.807, 2.05) is 59.5 Å². The van der Waals surface area contributed by atoms with Crippen molar-refractivity contribution in [2.24, 2.45) is 0 Å². The zero-order valence-electron chi connectivity index (χ0n) is 24.1. The second-order valence-electron chi connectivity index (χ2n) is 11.4. The molecule has 1 aliphatic carbocycles. The Labute approximate surface area is 251 Å². The number of ketones is 1. The number of hydrogen-bond acceptors (Lipinski definition) is 5. The predicted octanol–water partition coefficient (Wildman–Crippen LogP) is 4.79. The third kappa shape index (κ3) is 7.46. The first kappa shape index (κ1) is 29.9. The molecule has 2 fully saturated rings. The fourth-order valence-corrected chi connectivity index (χ4v) is 5.90. The standard InChI is InChI=1S/C34H37FN4O4/c35-26-16-14-25(15-17-26)32(42)38-34(20-7-2-8-21-34)33(43)37-28-19-22-39(23-30(28)40)29-12-6-5-11-27(29)36-31(41)18-13-24-9-3-1-4-10-24/h1,3-6,9-12,14-17,28H,2,7-8,13,18-23H2,(H,36,41)(H,37,43)(H,38,42). The van der Waals surface area contributed by atoms with Gasteiger partial charge in [-0.15, -0.1) is 0 Å². The average Bonchev–Trinajstić information content (AvgIpc) is 3.02. The van der Waals surface area contributed by atoms with Gasteiger partial charge in [0.25, 0.3) is 5.91 Å². The smallest absolute Gasteiger partial charge is 0.252 e. The Kier molecular flexibility index (Phi) is 9.49. The fourth-order valence-electron chi connectivity index (χ4n) is 5.90. The van der Waals surface area contributed by atoms with Crippen LogP contribution in [0.2, 0.25) is 0 Å². The van der Waals surface area contributed by atoms with Crippen molar-refractivity contribution >= 4 is 34.9 Å². The molecule has 1 aliphatic heterocycles. The number of rotatable bonds is 9. The number of para-hydroxylation sites is 2. The summed E-state index contributed by atoms with van der Waals surface area (Å²) in [6.45, 7) is 0.583. The molecule has 0 bridgehead atoms. The molecule has 3 aromatic carbocycles. The number of amides is 3. The summed E-state index contributed by atoms with van der Waals surface area (Å²) in [5.74, 6) is -1.49. The minimum atomic E-state index is -1.13. The molecule has 5 rings (SSSR count). The van der Waals surface area contributed by atoms with Gasteiger partial charge in [0.05, 0.1) is 24.0 Å². The summed E-state index contributed by atoms with van der Waals surface area (Å²) in [6, 6.07) is 21.8. The van der Waals surface area contributed by atoms with Crippen LogP contribution in [-0.2, 0) is 20.8 Å². The average molecular weight is 585 g/mol. The van der Waals surface area contributed by atoms with Crippen molar-refractivity contribution in [3.63, 3.8) is 0 Å². The summed E-state index contributed by atoms with van der Waals surface area (Å²) in [5.41, 5.74) is 1.63. The molecule has 224 valence electrons. The molecule has 0 aromatic heterocycles. The Hall–Kier alpha value is -4.53. The minimum Gasteiger partial charge on any atom is -0.362 e. The van der Waals surface area contributed by atoms with Gasteiger partial charge >= 0.3 is 0 Å². The van der Waals surface area contributed by atoms with Crippen LogP contribution in [0.3, 0.4) is 0 Å². The molecule has 2 aliphatic rings. The number of halogens is 1. The van der Waals surface area contributed by atoms with Crippen LogP contribution < -0.4 is 20.9 Å². The van der Waals surface area contributed by atoms with E-state index in [0.717, 1.165) is 30.5 Å². The van der Waals surface area contributed by atoms with Crippen LogP contribution in [0.15, 0.2) is 78.9 Å². The van der Waals surface area contributed by atoms with Crippen molar-refractivity contribution in [3.05, 3.63) is 95.8 Å². The highest BCUT2D eigenvalue weighted by molar-refractivity contribution is 6.01. The number of anilines is 2. The highest BCUT2D eigenvalue weighted by Gasteiger charge is 2.43. The van der Waals surface area contributed by atoms with Gasteiger partial charge in [0.15, 0.2) is 5.78 Å². The molecule has 1 heterocycles. The van der Waals surface area contributed by atoms with Crippen LogP contribution in [0.1, 0.15) is 60.9 Å². The zero-order valence-corrected chi connectivity index (χ0v) is 24.1. The first-order chi connectivity index (χ1) is 20.8. The number of Topliss-reactive ketones (excluding diaryl/α,β-unsaturated/α-hetero) is 1. The Bertz CT molecular complexity index is 1450. The van der Waals surface area contributed by atoms with Crippen LogP contribution in [0, 0.1) is 5.82 Å². The molecule has 43 heavy (non-hydrogen) atoms. The Morgan fingerprint density at radius 3 is 2.30 bits per heavy atom. The summed E-state index contributed by atoms with van der Waals surface area (Å²) >= 11 is 0. The van der Waals surface area contributed by atoms with E-state index in [4.69, 9.17) is 0 Å². The first-order valence-corrected chi connectivity index (χ1v) is 14.9. The van der Waals surface area contributed by atoms with Crippen LogP contribution in [0.25, 0.3) is 0 Å². The molecule has 8 nitrogen and oxygen atoms in total. The molecule has 9 heteroatoms. The Morgan fingerprint density at radius 1 is 0.884 bits per heavy atom. The second kappa shape index (κ2) is 13.6. The van der Waals surface area contributed by atoms with Gasteiger partial charge in [-0.05, 0) is 67.6 Å². The summed E-state index contributed by atoms with van der Waals surface area (Å²) < 4.78 is 13.4. The number of carbonyl (C=O) groups is 4. The Morgan fingerprint density at radius 2 is 1.58 bits per heavy atom. The zero-order chi connectivity index (χ0) is 30.2. The molecule has 3 aromatic rings. The molecule has 0 spiro atoms. The van der Waals surface area contributed by atoms with Crippen molar-refractivity contribution in [1.29, 1.82) is 0 Å². The van der Waals surface area contributed by atoms with E-state index in [9.17, 15) is 23.6 Å². The molecule has 1 saturated heterocycles. The van der Waals surface area contributed by atoms with E-state index in [1.54, 1.807) is 0 Å². The normalized spacial score (nSPS) is 18.0. The van der Waals surface area contributed by atoms with Crippen LogP contribution in [-0.4, -0.2) is 48.2 Å². The number of hydrogen-bond donors (Lipinski definition) is 3. The second-order valence-corrected chi connectivity index (χ2v) is 11.4. The lowest BCUT2D eigenvalue weighted by molar-refractivity contribution is -0.133. The van der Waals surface area contributed by atoms with E-state index in [2.05, 4.69) is 16.0 Å². The van der Waals surface area contributed by atoms with E-state index < -0.39 is 23.3 Å². The molecule has 1 saturated carbocycles. The van der Waals surface area contributed by atoms with Crippen LogP contribution in [0.4, 0.5) is 15.8 Å². The quantitative estimate of drug-likeness (QED) is 0.335. The summed E-state index contributed by atoms with van der Waals surface area (Å²) in [5, 5.41) is 8.85. The highest BCUT2D eigenvalue weighted by Crippen LogP contribution is 2.31. The first-order valence-electron chi connectivity index (χ1n) is 14.9. The van der Waals surface area contributed by atoms with Gasteiger partial charge in [0.1, 0.15) is 11.4 Å². The maximum absolute atomic E-state index is 13.6. The lowest BCUT2D eigenvalue weighted by Crippen LogP contribution is -2.63. The van der Waals surface area contributed by atoms with Crippen molar-refractivity contribution in [3.8, 4) is 0 Å². The Balaban J connectivity index is 1.20. The van der Waals surface area contributed by atoms with Gasteiger partial charge in [0.2, 0.25) is 11.8 Å². The lowest BCUT2D eigenvalue weighted by atomic mass is 9.80. The number of piperidine rings is 1. The fraction of sp³-hybridized carbons (Fsp3) is 0.353. The van der Waals surface area contributed by atoms with Crippen molar-refractivity contribution in [1.82, 2.24) is 10.6 Å². The number of nitrogens with one attached hydrogen (secondary N) is 3. The molecule has 1 unspecified atom stereocenters. The van der Waals surface area contributed by atoms with Gasteiger partial charge < -0.3 is 20.9 Å². The topological polar surface area (TPSA) is 108 Å². The van der Waals surface area contributed by atoms with Gasteiger partial charge in [-0.3, -0.25) is 19.2 Å². The van der Waals surface area contributed by atoms with Crippen molar-refractivity contribution in [2.75, 3.05) is 23.3 Å². The molecule has 3 amide bonds. The molecular weight excluding hydrogens is 547 g/mol. The van der Waals surface area contributed by atoms with E-state index in [0.29, 0.717) is 44.3 Å². The largest absolute Gasteiger partial charge is 0.362 e. The monoisotopic (exact) mass is 584 g/mol. The van der Waals surface area contributed by atoms with Gasteiger partial charge in [0, 0.05) is 18.5 Å². The summed E-state index contributed by atoms with van der Waals surface area (Å²) in [7, 11) is 0. The van der Waals surface area contributed by atoms with Gasteiger partial charge in [-0.25, -0.2) is 4.39 Å². The summed E-state index contributed by atoms with van der Waals surface area (Å²) in [6.07, 6.45) is 4.81. The van der Waals surface area contributed by atoms with Crippen molar-refractivity contribution in [2.45, 2.75) is 62.9 Å². The lowest BCUT2D eigenvalue weighted by Gasteiger charge is -2.39. The number of carbonyl (C=O) groups excluding carboxylic acids is 4. The van der Waals surface area contributed by atoms with E-state index in [-0.39, 0.29) is 29.7 Å². The number of aryl methyl sites for hydroxylation is 1. The maximum Gasteiger partial charge on any atom is 0.252 e. The van der Waals surface area contributed by atoms with Crippen LogP contribution >= 0.6 is 0 Å². The minimum absolute atomic E-state index is 0.0801. The van der Waals surface area contributed by atoms with Gasteiger partial charge in [-0.1, -0.05) is 61.7 Å². The molecular formula is C34H37FN4O4. The summed E-state index contributed by atoms with van der Waals surface area (Å²) in [4.78, 5) is 54.6. The molecule has 1 atom stereocenters. The predicted molar refractivity (Wildman–Crippen MR) is 163 cm³/mol. The third-order valence-corrected chi connectivity index (χ3v) is 8.33. The number of nitrogens with zero attached hydrogens (tertiary/aromatic N) is 1. The van der Waals surface area contributed by atoms with Crippen molar-refractivity contribution < 1.29 is 23.6 Å². The highest BCUT2D eigenvalue weighted by atomic mass is 19.1. The van der Waals surface area contributed by atoms with E-state index in [1.165, 1.54) is 24.3 Å². The molecule has 0 radical (unpaired) electrons. The third-order valence-electron chi connectivity index (χ3n) is 8.33. The van der Waals surface area contributed by atoms with Gasteiger partial charge in [-0.2, -0.15) is 0 Å². The number of benzene rings is 3. The van der Waals surface area contributed by atoms with Crippen LogP contribution in [0.5, 0.6) is 0 Å². The molecule has 3 N–H and O–H groups in total. The maximum atomic E-state index is 13.6. The van der Waals surface area contributed by atoms with E-state index >= 15 is 0 Å². The SMILES string of the molecule is O=C(CCc1ccccc1)Nc1ccccc1N1CCC(NC(=O)C2(NC(=O)c3ccc(F)cc3)CCCCC2)C(=O)C1.